The predicted octanol–water partition coefficient (Wildman–Crippen LogP) is 10.1. The molecule has 0 saturated carbocycles. The van der Waals surface area contributed by atoms with Crippen LogP contribution in [-0.2, 0) is 77.8 Å². The van der Waals surface area contributed by atoms with Crippen molar-refractivity contribution in [2.75, 3.05) is 75.0 Å². The van der Waals surface area contributed by atoms with E-state index in [9.17, 15) is 83.5 Å². The number of aromatic hydroxyl groups is 1. The highest BCUT2D eigenvalue weighted by atomic mass is 32.2. The van der Waals surface area contributed by atoms with Crippen LogP contribution in [0.25, 0.3) is 10.8 Å². The van der Waals surface area contributed by atoms with Crippen LogP contribution in [0.15, 0.2) is 156 Å². The number of aliphatic hydroxyl groups is 2. The number of nitro groups is 1. The normalized spacial score (nSPS) is 11.8. The number of nitro benzene ring substituents is 1. The van der Waals surface area contributed by atoms with E-state index in [0.29, 0.717) is 0 Å². The Morgan fingerprint density at radius 1 is 0.500 bits per heavy atom. The number of anilines is 4. The summed E-state index contributed by atoms with van der Waals surface area (Å²) in [5.41, 5.74) is 8.93. The van der Waals surface area contributed by atoms with Crippen LogP contribution < -0.4 is 41.0 Å². The fraction of sp³-hybridized carbons (Fsp3) is 0.214. The zero-order valence-corrected chi connectivity index (χ0v) is 57.7. The van der Waals surface area contributed by atoms with E-state index < -0.39 is 127 Å². The molecule has 14 N–H and O–H groups in total. The number of fused-ring (bicyclic) bond motifs is 1. The summed E-state index contributed by atoms with van der Waals surface area (Å²) in [5.74, 6) is -3.03. The van der Waals surface area contributed by atoms with Gasteiger partial charge in [-0.15, -0.1) is 49.6 Å². The number of aliphatic hydroxyl groups excluding tert-OH is 2. The van der Waals surface area contributed by atoms with Crippen molar-refractivity contribution in [1.82, 2.24) is 0 Å². The highest BCUT2D eigenvalue weighted by Gasteiger charge is 2.27. The van der Waals surface area contributed by atoms with Crippen molar-refractivity contribution in [3.8, 4) is 28.7 Å². The largest absolute Gasteiger partial charge is 0.505 e. The molecule has 0 unspecified atom stereocenters. The zero-order chi connectivity index (χ0) is 76.6. The van der Waals surface area contributed by atoms with E-state index in [2.05, 4.69) is 70.3 Å². The van der Waals surface area contributed by atoms with Crippen LogP contribution in [0.2, 0.25) is 0 Å². The monoisotopic (exact) mass is 1550 g/mol. The van der Waals surface area contributed by atoms with Gasteiger partial charge in [0.05, 0.1) is 68.8 Å². The number of phenols is 1. The number of ether oxygens (including phenoxy) is 6. The summed E-state index contributed by atoms with van der Waals surface area (Å²) in [5, 5.41) is 103. The number of hydrogen-bond donors (Lipinski definition) is 12. The van der Waals surface area contributed by atoms with Gasteiger partial charge < -0.3 is 65.8 Å². The van der Waals surface area contributed by atoms with Crippen molar-refractivity contribution >= 4 is 163 Å². The molecule has 0 saturated heterocycles. The number of nitrogens with two attached hydrogens (primary N) is 2. The standard InChI is InChI=1S/C34H31N9O20S4.C22H26N4O10S/c1-16(46)36-18-2-4-21(28(12-18)66(52,53)54)38-39-22-14-25(59-9-7-45)23(15-24(22)58-8-6-44)40-41-32-27(65-63-61-51)10-17-11-29(67(55,56)57)33(31(35)30(17)34(32)47)42-37-20-5-3-19(43(48)49)13-26(20)64-62-60-50;1-13(27)24-16-4-5-18(22(10-16)37(30,31)32)25-26-19-12-20(35-8-6-33-14(2)28)17(23)11-21(19)36-9-7-34-15(3)29/h2-5,10-15,44-45,47,50-51H,6-9,35H2,1H3,(H,36,46)(H,52,53,54)(H,55,56,57);4-5,10-12H,6-9,23H2,1-3H3,(H,24,27)(H,30,31,32). The number of nitrogens with one attached hydrogen (secondary N) is 2. The first kappa shape index (κ1) is 82.1. The number of nitrogen functional groups attached to an aromatic ring is 2. The van der Waals surface area contributed by atoms with Crippen LogP contribution in [0.3, 0.4) is 0 Å². The van der Waals surface area contributed by atoms with Gasteiger partial charge >= 0.3 is 11.9 Å². The van der Waals surface area contributed by atoms with Gasteiger partial charge in [0.1, 0.15) is 123 Å². The van der Waals surface area contributed by atoms with Crippen LogP contribution in [0.1, 0.15) is 27.7 Å². The topological polar surface area (TPSA) is 643 Å². The van der Waals surface area contributed by atoms with E-state index in [1.54, 1.807) is 0 Å². The number of rotatable bonds is 34. The van der Waals surface area contributed by atoms with E-state index in [1.807, 2.05) is 0 Å². The zero-order valence-electron chi connectivity index (χ0n) is 53.6. The molecule has 556 valence electrons. The minimum atomic E-state index is -5.21. The second kappa shape index (κ2) is 37.9. The lowest BCUT2D eigenvalue weighted by Crippen LogP contribution is -2.11. The first-order chi connectivity index (χ1) is 49.2. The van der Waals surface area contributed by atoms with E-state index >= 15 is 0 Å². The number of carbonyl (C=O) groups excluding carboxylic acids is 4. The second-order valence-corrected chi connectivity index (χ2v) is 25.4. The Labute approximate surface area is 593 Å². The Morgan fingerprint density at radius 3 is 1.37 bits per heavy atom. The molecule has 0 atom stereocenters. The quantitative estimate of drug-likeness (QED) is 0.00205. The summed E-state index contributed by atoms with van der Waals surface area (Å²) in [6.45, 7) is 2.90. The van der Waals surface area contributed by atoms with Crippen LogP contribution in [-0.4, -0.2) is 146 Å². The molecule has 0 bridgehead atoms. The molecule has 0 fully saturated rings. The Hall–Kier alpha value is -10.8. The molecular formula is C56H57N13O30S5. The summed E-state index contributed by atoms with van der Waals surface area (Å²) in [4.78, 5) is 52.5. The fourth-order valence-corrected chi connectivity index (χ4v) is 11.2. The smallest absolute Gasteiger partial charge is 0.302 e. The lowest BCUT2D eigenvalue weighted by atomic mass is 10.1. The van der Waals surface area contributed by atoms with E-state index in [4.69, 9.17) is 50.4 Å². The van der Waals surface area contributed by atoms with Crippen molar-refractivity contribution in [3.63, 3.8) is 0 Å². The number of nitrogens with zero attached hydrogens (tertiary/aromatic N) is 9. The number of phenolic OH excluding ortho intramolecular Hbond substituents is 1. The Kier molecular flexibility index (Phi) is 30.0. The third-order valence-electron chi connectivity index (χ3n) is 12.3. The van der Waals surface area contributed by atoms with Gasteiger partial charge in [0, 0.05) is 75.5 Å². The van der Waals surface area contributed by atoms with Crippen LogP contribution in [0.5, 0.6) is 28.7 Å². The molecule has 0 heterocycles. The van der Waals surface area contributed by atoms with Crippen molar-refractivity contribution in [3.05, 3.63) is 101 Å². The van der Waals surface area contributed by atoms with E-state index in [0.717, 1.165) is 60.7 Å². The average Bonchev–Trinajstić information content (AvgIpc) is 0.745. The highest BCUT2D eigenvalue weighted by molar-refractivity contribution is 7.95. The van der Waals surface area contributed by atoms with E-state index in [1.165, 1.54) is 58.0 Å². The molecule has 43 nitrogen and oxygen atoms in total. The maximum atomic E-state index is 12.7. The van der Waals surface area contributed by atoms with E-state index in [-0.39, 0.29) is 147 Å². The number of azo groups is 4. The summed E-state index contributed by atoms with van der Waals surface area (Å²) in [6.07, 6.45) is 0. The molecule has 0 aliphatic carbocycles. The van der Waals surface area contributed by atoms with Gasteiger partial charge in [-0.1, -0.05) is 10.1 Å². The molecule has 7 aromatic rings. The molecule has 2 amide bonds. The molecule has 0 aliphatic rings. The minimum Gasteiger partial charge on any atom is -0.505 e. The highest BCUT2D eigenvalue weighted by Crippen LogP contribution is 2.51. The molecule has 0 spiro atoms. The fourth-order valence-electron chi connectivity index (χ4n) is 8.23. The maximum Gasteiger partial charge on any atom is 0.302 e. The summed E-state index contributed by atoms with van der Waals surface area (Å²) in [6, 6.07) is 16.8. The molecule has 7 aromatic carbocycles. The number of non-ortho nitro benzene ring substituents is 1. The third kappa shape index (κ3) is 23.9. The molecule has 0 aliphatic heterocycles. The number of amides is 2. The van der Waals surface area contributed by atoms with Gasteiger partial charge in [-0.2, -0.15) is 25.3 Å². The summed E-state index contributed by atoms with van der Waals surface area (Å²) < 4.78 is 144. The van der Waals surface area contributed by atoms with Crippen molar-refractivity contribution < 1.29 is 136 Å². The summed E-state index contributed by atoms with van der Waals surface area (Å²) in [7, 11) is -14.9. The van der Waals surface area contributed by atoms with Gasteiger partial charge in [0.25, 0.3) is 36.0 Å². The Balaban J connectivity index is 0.000000387. The Bertz CT molecular complexity index is 4860. The van der Waals surface area contributed by atoms with Crippen molar-refractivity contribution in [2.24, 2.45) is 40.9 Å². The number of carbonyl (C=O) groups is 4. The van der Waals surface area contributed by atoms with Crippen LogP contribution >= 0.6 is 24.1 Å². The van der Waals surface area contributed by atoms with Gasteiger partial charge in [-0.25, -0.2) is 10.5 Å². The number of esters is 2. The molecule has 104 heavy (non-hydrogen) atoms. The van der Waals surface area contributed by atoms with Crippen LogP contribution in [0, 0.1) is 10.1 Å². The lowest BCUT2D eigenvalue weighted by Gasteiger charge is -2.15. The SMILES string of the molecule is CC(=O)Nc1ccc(N=Nc2cc(OCCO)c(N=Nc3c(SOOO)cc4cc(S(=O)(=O)O)c(N=Nc5ccc([N+](=O)[O-])cc5SOOO)c(N)c4c3O)cc2OCCO)c(S(=O)(=O)O)c1.CC(=O)Nc1ccc(N=Nc2cc(OCCOC(C)=O)c(N)cc2OCCOC(C)=O)c(S(=O)(=O)O)c1. The summed E-state index contributed by atoms with van der Waals surface area (Å²) >= 11 is 0.441. The first-order valence-electron chi connectivity index (χ1n) is 28.4. The minimum absolute atomic E-state index is 0.00172. The maximum absolute atomic E-state index is 12.7. The Morgan fingerprint density at radius 2 is 0.913 bits per heavy atom. The number of benzene rings is 7. The van der Waals surface area contributed by atoms with Gasteiger partial charge in [-0.3, -0.25) is 43.0 Å². The molecular weight excluding hydrogens is 1500 g/mol. The van der Waals surface area contributed by atoms with Gasteiger partial charge in [0.2, 0.25) is 11.8 Å². The van der Waals surface area contributed by atoms with Crippen LogP contribution in [0.4, 0.5) is 73.9 Å². The third-order valence-corrected chi connectivity index (χ3v) is 16.2. The predicted molar refractivity (Wildman–Crippen MR) is 359 cm³/mol. The van der Waals surface area contributed by atoms with Crippen molar-refractivity contribution in [1.29, 1.82) is 0 Å². The molecule has 48 heteroatoms. The lowest BCUT2D eigenvalue weighted by molar-refractivity contribution is -0.432. The molecule has 7 rings (SSSR count). The first-order valence-corrected chi connectivity index (χ1v) is 34.2. The molecule has 0 aromatic heterocycles. The second-order valence-electron chi connectivity index (χ2n) is 19.8. The van der Waals surface area contributed by atoms with Gasteiger partial charge in [0.15, 0.2) is 5.75 Å². The number of hydrogen-bond acceptors (Lipinski definition) is 39. The molecule has 0 radical (unpaired) electrons. The van der Waals surface area contributed by atoms with Crippen molar-refractivity contribution in [2.45, 2.75) is 52.2 Å². The average molecular weight is 1550 g/mol. The van der Waals surface area contributed by atoms with Gasteiger partial charge in [-0.05, 0) is 60.0 Å².